The number of likely N-dealkylation sites (N-methyl/N-ethyl adjacent to an activating group) is 1. The number of methoxy groups -OCH3 is 1. The van der Waals surface area contributed by atoms with Crippen LogP contribution < -0.4 is 15.4 Å². The van der Waals surface area contributed by atoms with Gasteiger partial charge < -0.3 is 30.5 Å². The Kier molecular flexibility index (Phi) is 10.4. The number of fused-ring (bicyclic) bond motifs is 2. The number of hydrogen-bond donors (Lipinski definition) is 4. The highest BCUT2D eigenvalue weighted by molar-refractivity contribution is 5.95. The van der Waals surface area contributed by atoms with Crippen molar-refractivity contribution in [1.29, 1.82) is 0 Å². The summed E-state index contributed by atoms with van der Waals surface area (Å²) in [6, 6.07) is 12.4. The number of hydroxylamine groups is 2. The number of aliphatic hydroxyl groups is 2. The number of rotatable bonds is 12. The Balaban J connectivity index is 1.39. The zero-order valence-corrected chi connectivity index (χ0v) is 28.3. The maximum Gasteiger partial charge on any atom is 0.251 e. The lowest BCUT2D eigenvalue weighted by molar-refractivity contribution is -0.183. The van der Waals surface area contributed by atoms with Crippen molar-refractivity contribution >= 4 is 11.8 Å². The van der Waals surface area contributed by atoms with Gasteiger partial charge >= 0.3 is 0 Å². The molecule has 2 aromatic carbocycles. The molecule has 0 aromatic heterocycles. The summed E-state index contributed by atoms with van der Waals surface area (Å²) in [6.07, 6.45) is 0.537. The number of carbonyl (C=O) groups excluding carboxylic acids is 2. The normalized spacial score (nSPS) is 29.2. The van der Waals surface area contributed by atoms with E-state index in [1.807, 2.05) is 55.4 Å². The number of ether oxygens (including phenoxy) is 1. The fourth-order valence-electron chi connectivity index (χ4n) is 8.15. The van der Waals surface area contributed by atoms with Crippen molar-refractivity contribution in [2.45, 2.75) is 71.4 Å². The Morgan fingerprint density at radius 1 is 1.17 bits per heavy atom. The predicted molar refractivity (Wildman–Crippen MR) is 177 cm³/mol. The maximum atomic E-state index is 14.1. The van der Waals surface area contributed by atoms with E-state index in [9.17, 15) is 19.8 Å². The summed E-state index contributed by atoms with van der Waals surface area (Å²) in [5, 5.41) is 28.9. The standard InChI is InChI=1S/C36H52N4O6/c1-21-28-17-26(36(28,3)4)18-29(21)38-35(44)32-31(22(2)42)30(20-41)46-40(32)19-25-12-9-13-27(33(25)45-7)23-10-8-11-24(16-23)34(43)37-14-15-39(5)6/h8-13,16,21-22,26,28-32,41-42H,14-15,17-20H2,1-7H3,(H,37,43)(H,38,44)/t21-,22?,26+,28-,29-,30-,31?,32-/m0/s1. The van der Waals surface area contributed by atoms with E-state index in [1.54, 1.807) is 25.2 Å². The van der Waals surface area contributed by atoms with Crippen molar-refractivity contribution in [3.8, 4) is 16.9 Å². The van der Waals surface area contributed by atoms with Crippen LogP contribution in [0.2, 0.25) is 0 Å². The summed E-state index contributed by atoms with van der Waals surface area (Å²) < 4.78 is 5.94. The number of carbonyl (C=O) groups is 2. The molecule has 252 valence electrons. The second-order valence-corrected chi connectivity index (χ2v) is 14.4. The predicted octanol–water partition coefficient (Wildman–Crippen LogP) is 3.31. The fraction of sp³-hybridized carbons (Fsp3) is 0.611. The molecule has 8 atom stereocenters. The summed E-state index contributed by atoms with van der Waals surface area (Å²) in [6.45, 7) is 9.70. The van der Waals surface area contributed by atoms with Crippen molar-refractivity contribution in [3.63, 3.8) is 0 Å². The number of para-hydroxylation sites is 1. The van der Waals surface area contributed by atoms with Gasteiger partial charge in [0.1, 0.15) is 17.9 Å². The first-order chi connectivity index (χ1) is 21.9. The van der Waals surface area contributed by atoms with Crippen LogP contribution in [0.15, 0.2) is 42.5 Å². The van der Waals surface area contributed by atoms with Crippen LogP contribution in [0.4, 0.5) is 0 Å². The molecule has 10 nitrogen and oxygen atoms in total. The van der Waals surface area contributed by atoms with Crippen molar-refractivity contribution in [1.82, 2.24) is 20.6 Å². The van der Waals surface area contributed by atoms with Gasteiger partial charge in [-0.15, -0.1) is 0 Å². The Morgan fingerprint density at radius 3 is 2.54 bits per heavy atom. The summed E-state index contributed by atoms with van der Waals surface area (Å²) in [7, 11) is 5.52. The fourth-order valence-corrected chi connectivity index (χ4v) is 8.15. The second-order valence-electron chi connectivity index (χ2n) is 14.4. The summed E-state index contributed by atoms with van der Waals surface area (Å²) in [5.41, 5.74) is 3.23. The largest absolute Gasteiger partial charge is 0.496 e. The van der Waals surface area contributed by atoms with E-state index in [0.29, 0.717) is 41.0 Å². The zero-order chi connectivity index (χ0) is 33.3. The first-order valence-corrected chi connectivity index (χ1v) is 16.6. The first-order valence-electron chi connectivity index (χ1n) is 16.6. The minimum Gasteiger partial charge on any atom is -0.496 e. The summed E-state index contributed by atoms with van der Waals surface area (Å²) in [4.78, 5) is 35.1. The lowest BCUT2D eigenvalue weighted by atomic mass is 9.45. The number of aliphatic hydroxyl groups excluding tert-OH is 2. The molecule has 2 amide bonds. The third kappa shape index (κ3) is 6.69. The third-order valence-corrected chi connectivity index (χ3v) is 11.0. The van der Waals surface area contributed by atoms with Crippen LogP contribution in [0.1, 0.15) is 56.5 Å². The van der Waals surface area contributed by atoms with Crippen LogP contribution >= 0.6 is 0 Å². The van der Waals surface area contributed by atoms with Crippen LogP contribution in [-0.4, -0.2) is 97.2 Å². The molecule has 0 spiro atoms. The molecule has 2 bridgehead atoms. The highest BCUT2D eigenvalue weighted by Crippen LogP contribution is 2.61. The highest BCUT2D eigenvalue weighted by atomic mass is 16.7. The van der Waals surface area contributed by atoms with Gasteiger partial charge in [-0.05, 0) is 74.7 Å². The molecule has 2 unspecified atom stereocenters. The van der Waals surface area contributed by atoms with Gasteiger partial charge in [0.25, 0.3) is 5.91 Å². The van der Waals surface area contributed by atoms with Crippen LogP contribution in [-0.2, 0) is 16.2 Å². The average molecular weight is 637 g/mol. The van der Waals surface area contributed by atoms with E-state index in [2.05, 4.69) is 31.4 Å². The van der Waals surface area contributed by atoms with Gasteiger partial charge in [0.15, 0.2) is 0 Å². The monoisotopic (exact) mass is 636 g/mol. The van der Waals surface area contributed by atoms with Gasteiger partial charge in [0.2, 0.25) is 5.91 Å². The minimum absolute atomic E-state index is 0.0548. The van der Waals surface area contributed by atoms with Crippen molar-refractivity contribution in [3.05, 3.63) is 53.6 Å². The topological polar surface area (TPSA) is 124 Å². The molecule has 4 N–H and O–H groups in total. The third-order valence-electron chi connectivity index (χ3n) is 11.0. The molecular weight excluding hydrogens is 584 g/mol. The maximum absolute atomic E-state index is 14.1. The average Bonchev–Trinajstić information content (AvgIpc) is 3.40. The smallest absolute Gasteiger partial charge is 0.251 e. The number of amides is 2. The minimum atomic E-state index is -0.881. The Labute approximate surface area is 273 Å². The van der Waals surface area contributed by atoms with Crippen molar-refractivity contribution < 1.29 is 29.4 Å². The summed E-state index contributed by atoms with van der Waals surface area (Å²) >= 11 is 0. The van der Waals surface area contributed by atoms with E-state index in [0.717, 1.165) is 29.7 Å². The highest BCUT2D eigenvalue weighted by Gasteiger charge is 2.57. The number of nitrogens with zero attached hydrogens (tertiary/aromatic N) is 2. The van der Waals surface area contributed by atoms with E-state index in [4.69, 9.17) is 9.57 Å². The number of benzene rings is 2. The van der Waals surface area contributed by atoms with Gasteiger partial charge in [-0.1, -0.05) is 51.1 Å². The lowest BCUT2D eigenvalue weighted by Gasteiger charge is -2.62. The van der Waals surface area contributed by atoms with E-state index in [1.165, 1.54) is 6.42 Å². The Morgan fingerprint density at radius 2 is 1.91 bits per heavy atom. The van der Waals surface area contributed by atoms with E-state index in [-0.39, 0.29) is 31.0 Å². The van der Waals surface area contributed by atoms with Crippen LogP contribution in [0, 0.1) is 29.1 Å². The molecule has 10 heteroatoms. The van der Waals surface area contributed by atoms with E-state index >= 15 is 0 Å². The van der Waals surface area contributed by atoms with Gasteiger partial charge in [-0.25, -0.2) is 0 Å². The Hall–Kier alpha value is -3.02. The number of nitrogens with one attached hydrogen (secondary N) is 2. The molecule has 2 aromatic rings. The lowest BCUT2D eigenvalue weighted by Crippen LogP contribution is -2.62. The first kappa shape index (κ1) is 34.3. The molecule has 4 aliphatic rings. The van der Waals surface area contributed by atoms with Crippen LogP contribution in [0.3, 0.4) is 0 Å². The molecule has 1 aliphatic heterocycles. The van der Waals surface area contributed by atoms with Gasteiger partial charge in [0.05, 0.1) is 26.4 Å². The SMILES string of the molecule is COc1c(CN2O[C@@H](CO)C(C(C)O)[C@H]2C(=O)N[C@H]2C[C@H]3C[C@@H]([C@@H]2C)C3(C)C)cccc1-c1cccc(C(=O)NCCN(C)C)c1. The number of hydrogen-bond acceptors (Lipinski definition) is 8. The van der Waals surface area contributed by atoms with Gasteiger partial charge in [-0.2, -0.15) is 5.06 Å². The molecule has 4 fully saturated rings. The van der Waals surface area contributed by atoms with Crippen LogP contribution in [0.5, 0.6) is 5.75 Å². The van der Waals surface area contributed by atoms with Gasteiger partial charge in [-0.3, -0.25) is 14.4 Å². The van der Waals surface area contributed by atoms with Crippen LogP contribution in [0.25, 0.3) is 11.1 Å². The summed E-state index contributed by atoms with van der Waals surface area (Å²) in [5.74, 6) is 1.14. The zero-order valence-electron chi connectivity index (χ0n) is 28.3. The van der Waals surface area contributed by atoms with E-state index < -0.39 is 24.2 Å². The van der Waals surface area contributed by atoms with Crippen molar-refractivity contribution in [2.75, 3.05) is 40.9 Å². The molecule has 6 rings (SSSR count). The second kappa shape index (κ2) is 14.0. The molecular formula is C36H52N4O6. The molecule has 1 heterocycles. The quantitative estimate of drug-likeness (QED) is 0.280. The molecule has 3 aliphatic carbocycles. The molecule has 1 saturated heterocycles. The molecule has 46 heavy (non-hydrogen) atoms. The molecule has 0 radical (unpaired) electrons. The Bertz CT molecular complexity index is 1400. The molecule has 3 saturated carbocycles. The van der Waals surface area contributed by atoms with Gasteiger partial charge in [0, 0.05) is 41.7 Å². The van der Waals surface area contributed by atoms with Crippen molar-refractivity contribution in [2.24, 2.45) is 29.1 Å².